The highest BCUT2D eigenvalue weighted by atomic mass is 35.5. The molecule has 3 aromatic rings. The molecular weight excluding hydrogens is 438 g/mol. The van der Waals surface area contributed by atoms with Crippen molar-refractivity contribution in [2.24, 2.45) is 0 Å². The van der Waals surface area contributed by atoms with Crippen molar-refractivity contribution in [1.29, 1.82) is 0 Å². The summed E-state index contributed by atoms with van der Waals surface area (Å²) in [6.07, 6.45) is -0.162. The average Bonchev–Trinajstić information content (AvgIpc) is 2.67. The quantitative estimate of drug-likeness (QED) is 0.429. The van der Waals surface area contributed by atoms with Crippen molar-refractivity contribution in [2.45, 2.75) is 13.1 Å². The fourth-order valence-corrected chi connectivity index (χ4v) is 3.31. The van der Waals surface area contributed by atoms with Gasteiger partial charge in [0, 0.05) is 15.6 Å². The van der Waals surface area contributed by atoms with Gasteiger partial charge in [0.15, 0.2) is 5.75 Å². The van der Waals surface area contributed by atoms with Crippen molar-refractivity contribution in [3.63, 3.8) is 0 Å². The standard InChI is InChI=1S/C21H16Cl3FN2O2/c1-12-3-2-4-14(7-12)29-19-11-26-20(24)9-16(19)21(28)27-10-18(25)15-6-5-13(22)8-17(15)23/h2-9,11,18H,10H2,1H3,(H,27,28). The van der Waals surface area contributed by atoms with Crippen LogP contribution >= 0.6 is 34.8 Å². The molecule has 1 heterocycles. The lowest BCUT2D eigenvalue weighted by molar-refractivity contribution is 0.0939. The van der Waals surface area contributed by atoms with Crippen LogP contribution in [0.25, 0.3) is 0 Å². The molecular formula is C21H16Cl3FN2O2. The molecule has 1 N–H and O–H groups in total. The predicted octanol–water partition coefficient (Wildman–Crippen LogP) is 6.58. The number of halogens is 4. The zero-order chi connectivity index (χ0) is 21.0. The number of carbonyl (C=O) groups is 1. The van der Waals surface area contributed by atoms with Crippen LogP contribution in [0.2, 0.25) is 15.2 Å². The minimum Gasteiger partial charge on any atom is -0.455 e. The SMILES string of the molecule is Cc1cccc(Oc2cnc(Cl)cc2C(=O)NCC(F)c2ccc(Cl)cc2Cl)c1. The summed E-state index contributed by atoms with van der Waals surface area (Å²) in [6.45, 7) is 1.63. The van der Waals surface area contributed by atoms with Gasteiger partial charge in [-0.2, -0.15) is 0 Å². The third kappa shape index (κ3) is 5.60. The lowest BCUT2D eigenvalue weighted by Gasteiger charge is -2.14. The van der Waals surface area contributed by atoms with E-state index in [1.807, 2.05) is 25.1 Å². The topological polar surface area (TPSA) is 51.2 Å². The summed E-state index contributed by atoms with van der Waals surface area (Å²) in [5, 5.41) is 3.24. The Morgan fingerprint density at radius 2 is 1.97 bits per heavy atom. The van der Waals surface area contributed by atoms with Gasteiger partial charge >= 0.3 is 0 Å². The first kappa shape index (κ1) is 21.4. The second-order valence-electron chi connectivity index (χ2n) is 6.27. The van der Waals surface area contributed by atoms with E-state index in [9.17, 15) is 9.18 Å². The minimum atomic E-state index is -1.51. The molecule has 1 atom stereocenters. The number of amides is 1. The van der Waals surface area contributed by atoms with E-state index in [-0.39, 0.29) is 33.6 Å². The maximum atomic E-state index is 14.6. The van der Waals surface area contributed by atoms with Gasteiger partial charge in [0.05, 0.1) is 18.3 Å². The zero-order valence-corrected chi connectivity index (χ0v) is 17.5. The fraction of sp³-hybridized carbons (Fsp3) is 0.143. The van der Waals surface area contributed by atoms with Crippen molar-refractivity contribution in [2.75, 3.05) is 6.54 Å². The van der Waals surface area contributed by atoms with E-state index in [0.29, 0.717) is 10.8 Å². The van der Waals surface area contributed by atoms with Crippen LogP contribution < -0.4 is 10.1 Å². The Balaban J connectivity index is 1.75. The monoisotopic (exact) mass is 452 g/mol. The summed E-state index contributed by atoms with van der Waals surface area (Å²) in [6, 6.07) is 13.2. The van der Waals surface area contributed by atoms with Crippen molar-refractivity contribution in [3.8, 4) is 11.5 Å². The van der Waals surface area contributed by atoms with Crippen molar-refractivity contribution < 1.29 is 13.9 Å². The van der Waals surface area contributed by atoms with E-state index >= 15 is 0 Å². The first-order chi connectivity index (χ1) is 13.8. The second kappa shape index (κ2) is 9.44. The number of nitrogens with one attached hydrogen (secondary N) is 1. The molecule has 1 amide bonds. The number of aryl methyl sites for hydroxylation is 1. The molecule has 3 rings (SSSR count). The summed E-state index contributed by atoms with van der Waals surface area (Å²) in [7, 11) is 0. The van der Waals surface area contributed by atoms with Crippen LogP contribution in [0.4, 0.5) is 4.39 Å². The van der Waals surface area contributed by atoms with Gasteiger partial charge in [-0.15, -0.1) is 0 Å². The summed E-state index contributed by atoms with van der Waals surface area (Å²) in [5.41, 5.74) is 1.37. The van der Waals surface area contributed by atoms with Gasteiger partial charge < -0.3 is 10.1 Å². The summed E-state index contributed by atoms with van der Waals surface area (Å²) >= 11 is 17.8. The number of nitrogens with zero attached hydrogens (tertiary/aromatic N) is 1. The number of ether oxygens (including phenoxy) is 1. The number of rotatable bonds is 6. The Bertz CT molecular complexity index is 1050. The Morgan fingerprint density at radius 3 is 2.69 bits per heavy atom. The molecule has 0 spiro atoms. The zero-order valence-electron chi connectivity index (χ0n) is 15.3. The molecule has 0 bridgehead atoms. The number of hydrogen-bond acceptors (Lipinski definition) is 3. The fourth-order valence-electron chi connectivity index (χ4n) is 2.62. The van der Waals surface area contributed by atoms with Crippen LogP contribution in [0, 0.1) is 6.92 Å². The Labute approximate surface area is 182 Å². The second-order valence-corrected chi connectivity index (χ2v) is 7.50. The van der Waals surface area contributed by atoms with Gasteiger partial charge in [0.25, 0.3) is 5.91 Å². The van der Waals surface area contributed by atoms with Crippen molar-refractivity contribution in [1.82, 2.24) is 10.3 Å². The lowest BCUT2D eigenvalue weighted by Crippen LogP contribution is -2.27. The van der Waals surface area contributed by atoms with E-state index in [1.54, 1.807) is 6.07 Å². The van der Waals surface area contributed by atoms with Crippen LogP contribution in [0.5, 0.6) is 11.5 Å². The van der Waals surface area contributed by atoms with Gasteiger partial charge in [0.1, 0.15) is 17.1 Å². The van der Waals surface area contributed by atoms with Crippen LogP contribution in [0.1, 0.15) is 27.7 Å². The molecule has 0 radical (unpaired) electrons. The van der Waals surface area contributed by atoms with Crippen LogP contribution in [-0.4, -0.2) is 17.4 Å². The number of alkyl halides is 1. The molecule has 0 saturated heterocycles. The molecule has 0 aliphatic carbocycles. The molecule has 8 heteroatoms. The van der Waals surface area contributed by atoms with Crippen LogP contribution in [-0.2, 0) is 0 Å². The summed E-state index contributed by atoms with van der Waals surface area (Å²) in [4.78, 5) is 16.6. The van der Waals surface area contributed by atoms with Gasteiger partial charge in [-0.3, -0.25) is 4.79 Å². The molecule has 1 aromatic heterocycles. The number of benzene rings is 2. The van der Waals surface area contributed by atoms with E-state index in [4.69, 9.17) is 39.5 Å². The number of pyridine rings is 1. The lowest BCUT2D eigenvalue weighted by atomic mass is 10.1. The highest BCUT2D eigenvalue weighted by Gasteiger charge is 2.19. The first-order valence-electron chi connectivity index (χ1n) is 8.61. The largest absolute Gasteiger partial charge is 0.455 e. The van der Waals surface area contributed by atoms with E-state index in [1.165, 1.54) is 30.5 Å². The smallest absolute Gasteiger partial charge is 0.255 e. The molecule has 2 aromatic carbocycles. The molecule has 0 aliphatic rings. The molecule has 0 aliphatic heterocycles. The highest BCUT2D eigenvalue weighted by molar-refractivity contribution is 6.35. The maximum Gasteiger partial charge on any atom is 0.255 e. The van der Waals surface area contributed by atoms with Gasteiger partial charge in [-0.05, 0) is 42.8 Å². The molecule has 29 heavy (non-hydrogen) atoms. The van der Waals surface area contributed by atoms with Gasteiger partial charge in [0.2, 0.25) is 0 Å². The number of carbonyl (C=O) groups excluding carboxylic acids is 1. The third-order valence-electron chi connectivity index (χ3n) is 4.04. The highest BCUT2D eigenvalue weighted by Crippen LogP contribution is 2.29. The van der Waals surface area contributed by atoms with E-state index in [0.717, 1.165) is 5.56 Å². The minimum absolute atomic E-state index is 0.115. The Morgan fingerprint density at radius 1 is 1.17 bits per heavy atom. The van der Waals surface area contributed by atoms with Crippen molar-refractivity contribution in [3.05, 3.63) is 86.6 Å². The average molecular weight is 454 g/mol. The first-order valence-corrected chi connectivity index (χ1v) is 9.74. The molecule has 1 unspecified atom stereocenters. The van der Waals surface area contributed by atoms with Gasteiger partial charge in [-0.25, -0.2) is 9.37 Å². The Hall–Kier alpha value is -2.34. The van der Waals surface area contributed by atoms with Gasteiger partial charge in [-0.1, -0.05) is 53.0 Å². The molecule has 150 valence electrons. The number of aromatic nitrogens is 1. The van der Waals surface area contributed by atoms with E-state index in [2.05, 4.69) is 10.3 Å². The van der Waals surface area contributed by atoms with Crippen LogP contribution in [0.15, 0.2) is 54.7 Å². The molecule has 0 fully saturated rings. The van der Waals surface area contributed by atoms with Crippen LogP contribution in [0.3, 0.4) is 0 Å². The van der Waals surface area contributed by atoms with Crippen molar-refractivity contribution >= 4 is 40.7 Å². The number of hydrogen-bond donors (Lipinski definition) is 1. The van der Waals surface area contributed by atoms with E-state index < -0.39 is 12.1 Å². The predicted molar refractivity (Wildman–Crippen MR) is 113 cm³/mol. The molecule has 4 nitrogen and oxygen atoms in total. The summed E-state index contributed by atoms with van der Waals surface area (Å²) in [5.74, 6) is 0.196. The third-order valence-corrected chi connectivity index (χ3v) is 4.81. The molecule has 0 saturated carbocycles. The maximum absolute atomic E-state index is 14.6. The normalized spacial score (nSPS) is 11.8. The Kier molecular flexibility index (Phi) is 6.96. The summed E-state index contributed by atoms with van der Waals surface area (Å²) < 4.78 is 20.3.